The zero-order valence-corrected chi connectivity index (χ0v) is 10.8. The van der Waals surface area contributed by atoms with E-state index in [2.05, 4.69) is 20.9 Å². The number of anilines is 1. The molecule has 0 aliphatic rings. The lowest BCUT2D eigenvalue weighted by Crippen LogP contribution is -2.02. The highest BCUT2D eigenvalue weighted by molar-refractivity contribution is 9.10. The summed E-state index contributed by atoms with van der Waals surface area (Å²) in [6.45, 7) is 0. The molecule has 0 radical (unpaired) electrons. The highest BCUT2D eigenvalue weighted by atomic mass is 79.9. The molecule has 0 saturated carbocycles. The van der Waals surface area contributed by atoms with Crippen LogP contribution in [-0.4, -0.2) is 10.1 Å². The van der Waals surface area contributed by atoms with Crippen molar-refractivity contribution in [2.75, 3.05) is 5.73 Å². The summed E-state index contributed by atoms with van der Waals surface area (Å²) in [6.07, 6.45) is 1.66. The summed E-state index contributed by atoms with van der Waals surface area (Å²) in [7, 11) is 0. The monoisotopic (exact) mass is 292 g/mol. The minimum atomic E-state index is -0.523. The van der Waals surface area contributed by atoms with Crippen molar-refractivity contribution in [1.82, 2.24) is 4.98 Å². The van der Waals surface area contributed by atoms with Crippen LogP contribution in [0.15, 0.2) is 47.1 Å². The van der Waals surface area contributed by atoms with Crippen molar-refractivity contribution in [3.05, 3.63) is 58.2 Å². The predicted molar refractivity (Wildman–Crippen MR) is 71.5 cm³/mol. The van der Waals surface area contributed by atoms with Gasteiger partial charge >= 0.3 is 0 Å². The van der Waals surface area contributed by atoms with Gasteiger partial charge in [-0.2, -0.15) is 0 Å². The van der Waals surface area contributed by atoms with Crippen molar-refractivity contribution >= 4 is 21.7 Å². The van der Waals surface area contributed by atoms with Gasteiger partial charge < -0.3 is 10.8 Å². The van der Waals surface area contributed by atoms with Gasteiger partial charge in [-0.1, -0.05) is 28.1 Å². The summed E-state index contributed by atoms with van der Waals surface area (Å²) in [5.41, 5.74) is 7.47. The number of nitrogens with zero attached hydrogens (tertiary/aromatic N) is 1. The molecule has 2 rings (SSSR count). The molecule has 88 valence electrons. The van der Waals surface area contributed by atoms with Crippen LogP contribution in [0.2, 0.25) is 0 Å². The second-order valence-corrected chi connectivity index (χ2v) is 4.78. The van der Waals surface area contributed by atoms with E-state index in [1.54, 1.807) is 12.3 Å². The first-order valence-electron chi connectivity index (χ1n) is 5.29. The van der Waals surface area contributed by atoms with Crippen LogP contribution in [0.3, 0.4) is 0 Å². The molecule has 1 atom stereocenters. The Morgan fingerprint density at radius 3 is 2.59 bits per heavy atom. The second-order valence-electron chi connectivity index (χ2n) is 3.86. The molecule has 3 nitrogen and oxygen atoms in total. The number of aromatic nitrogens is 1. The molecule has 0 amide bonds. The third-order valence-electron chi connectivity index (χ3n) is 2.53. The summed E-state index contributed by atoms with van der Waals surface area (Å²) < 4.78 is 1.00. The van der Waals surface area contributed by atoms with Crippen LogP contribution in [0.5, 0.6) is 0 Å². The molecule has 0 spiro atoms. The summed E-state index contributed by atoms with van der Waals surface area (Å²) >= 11 is 3.36. The molecular weight excluding hydrogens is 280 g/mol. The first kappa shape index (κ1) is 12.1. The number of aliphatic hydroxyl groups excluding tert-OH is 1. The number of aliphatic hydroxyl groups is 1. The van der Waals surface area contributed by atoms with Crippen LogP contribution in [0, 0.1) is 0 Å². The molecule has 17 heavy (non-hydrogen) atoms. The molecule has 1 unspecified atom stereocenters. The van der Waals surface area contributed by atoms with Crippen LogP contribution >= 0.6 is 15.9 Å². The number of hydrogen-bond acceptors (Lipinski definition) is 3. The molecule has 3 N–H and O–H groups in total. The fraction of sp³-hybridized carbons (Fsp3) is 0.154. The first-order chi connectivity index (χ1) is 8.15. The van der Waals surface area contributed by atoms with Gasteiger partial charge in [-0.3, -0.25) is 0 Å². The summed E-state index contributed by atoms with van der Waals surface area (Å²) in [5.74, 6) is 0.477. The number of rotatable bonds is 3. The van der Waals surface area contributed by atoms with E-state index in [0.29, 0.717) is 12.2 Å². The average Bonchev–Trinajstić information content (AvgIpc) is 2.29. The van der Waals surface area contributed by atoms with Crippen molar-refractivity contribution in [1.29, 1.82) is 0 Å². The van der Waals surface area contributed by atoms with Crippen molar-refractivity contribution in [2.45, 2.75) is 12.5 Å². The summed E-state index contributed by atoms with van der Waals surface area (Å²) in [5, 5.41) is 10.1. The second kappa shape index (κ2) is 5.29. The van der Waals surface area contributed by atoms with Gasteiger partial charge in [-0.15, -0.1) is 0 Å². The minimum absolute atomic E-state index is 0.477. The van der Waals surface area contributed by atoms with E-state index in [-0.39, 0.29) is 0 Å². The van der Waals surface area contributed by atoms with Crippen LogP contribution in [0.1, 0.15) is 17.2 Å². The Kier molecular flexibility index (Phi) is 3.76. The van der Waals surface area contributed by atoms with E-state index in [0.717, 1.165) is 15.6 Å². The maximum absolute atomic E-state index is 10.1. The van der Waals surface area contributed by atoms with Crippen molar-refractivity contribution in [3.63, 3.8) is 0 Å². The van der Waals surface area contributed by atoms with Crippen LogP contribution in [0.25, 0.3) is 0 Å². The van der Waals surface area contributed by atoms with E-state index in [1.165, 1.54) is 0 Å². The van der Waals surface area contributed by atoms with Crippen LogP contribution in [0.4, 0.5) is 5.82 Å². The number of benzene rings is 1. The van der Waals surface area contributed by atoms with Crippen LogP contribution < -0.4 is 5.73 Å². The highest BCUT2D eigenvalue weighted by Gasteiger charge is 2.08. The molecule has 0 aliphatic carbocycles. The fourth-order valence-corrected chi connectivity index (χ4v) is 1.91. The third kappa shape index (κ3) is 3.28. The largest absolute Gasteiger partial charge is 0.388 e. The molecule has 4 heteroatoms. The summed E-state index contributed by atoms with van der Waals surface area (Å²) in [4.78, 5) is 3.92. The van der Waals surface area contributed by atoms with Crippen molar-refractivity contribution in [3.8, 4) is 0 Å². The maximum Gasteiger partial charge on any atom is 0.123 e. The van der Waals surface area contributed by atoms with Gasteiger partial charge in [0.2, 0.25) is 0 Å². The predicted octanol–water partition coefficient (Wildman–Crippen LogP) is 2.70. The van der Waals surface area contributed by atoms with Crippen LogP contribution in [-0.2, 0) is 6.42 Å². The molecule has 2 aromatic rings. The Bertz CT molecular complexity index is 499. The number of hydrogen-bond donors (Lipinski definition) is 2. The molecule has 1 aromatic carbocycles. The van der Waals surface area contributed by atoms with E-state index >= 15 is 0 Å². The lowest BCUT2D eigenvalue weighted by atomic mass is 10.0. The number of nitrogens with two attached hydrogens (primary N) is 1. The van der Waals surface area contributed by atoms with Crippen molar-refractivity contribution in [2.24, 2.45) is 0 Å². The lowest BCUT2D eigenvalue weighted by Gasteiger charge is -2.11. The molecule has 0 bridgehead atoms. The standard InChI is InChI=1S/C13H13BrN2O/c14-11-3-1-10(2-4-11)12(17)7-9-5-6-16-13(15)8-9/h1-6,8,12,17H,7H2,(H2,15,16). The molecular formula is C13H13BrN2O. The molecule has 0 fully saturated rings. The third-order valence-corrected chi connectivity index (χ3v) is 3.06. The fourth-order valence-electron chi connectivity index (χ4n) is 1.65. The quantitative estimate of drug-likeness (QED) is 0.914. The lowest BCUT2D eigenvalue weighted by molar-refractivity contribution is 0.178. The minimum Gasteiger partial charge on any atom is -0.388 e. The Morgan fingerprint density at radius 2 is 1.94 bits per heavy atom. The Labute approximate surface area is 108 Å². The average molecular weight is 293 g/mol. The van der Waals surface area contributed by atoms with E-state index < -0.39 is 6.10 Å². The van der Waals surface area contributed by atoms with Crippen molar-refractivity contribution < 1.29 is 5.11 Å². The Hall–Kier alpha value is -1.39. The molecule has 1 heterocycles. The summed E-state index contributed by atoms with van der Waals surface area (Å²) in [6, 6.07) is 11.3. The number of pyridine rings is 1. The number of nitrogen functional groups attached to an aromatic ring is 1. The van der Waals surface area contributed by atoms with Gasteiger partial charge in [-0.25, -0.2) is 4.98 Å². The Balaban J connectivity index is 2.11. The topological polar surface area (TPSA) is 59.1 Å². The van der Waals surface area contributed by atoms with Gasteiger partial charge in [0.1, 0.15) is 5.82 Å². The maximum atomic E-state index is 10.1. The smallest absolute Gasteiger partial charge is 0.123 e. The Morgan fingerprint density at radius 1 is 1.24 bits per heavy atom. The highest BCUT2D eigenvalue weighted by Crippen LogP contribution is 2.20. The molecule has 0 aliphatic heterocycles. The van der Waals surface area contributed by atoms with Gasteiger partial charge in [0.25, 0.3) is 0 Å². The van der Waals surface area contributed by atoms with Gasteiger partial charge in [0.05, 0.1) is 6.10 Å². The van der Waals surface area contributed by atoms with E-state index in [4.69, 9.17) is 5.73 Å². The normalized spacial score (nSPS) is 12.4. The van der Waals surface area contributed by atoms with E-state index in [1.807, 2.05) is 30.3 Å². The first-order valence-corrected chi connectivity index (χ1v) is 6.08. The van der Waals surface area contributed by atoms with Gasteiger partial charge in [0.15, 0.2) is 0 Å². The van der Waals surface area contributed by atoms with Gasteiger partial charge in [-0.05, 0) is 35.4 Å². The zero-order chi connectivity index (χ0) is 12.3. The zero-order valence-electron chi connectivity index (χ0n) is 9.18. The van der Waals surface area contributed by atoms with Gasteiger partial charge in [0, 0.05) is 17.1 Å². The molecule has 0 saturated heterocycles. The van der Waals surface area contributed by atoms with E-state index in [9.17, 15) is 5.11 Å². The molecule has 1 aromatic heterocycles. The SMILES string of the molecule is Nc1cc(CC(O)c2ccc(Br)cc2)ccn1. The number of halogens is 1.